The van der Waals surface area contributed by atoms with Crippen LogP contribution < -0.4 is 5.73 Å². The Morgan fingerprint density at radius 3 is 2.43 bits per heavy atom. The average Bonchev–Trinajstić information content (AvgIpc) is 2.62. The van der Waals surface area contributed by atoms with E-state index in [9.17, 15) is 17.6 Å². The molecule has 1 heterocycles. The lowest BCUT2D eigenvalue weighted by molar-refractivity contribution is 0.0865. The van der Waals surface area contributed by atoms with E-state index in [0.29, 0.717) is 5.56 Å². The monoisotopic (exact) mass is 306 g/mol. The van der Waals surface area contributed by atoms with Crippen molar-refractivity contribution in [2.75, 3.05) is 5.73 Å². The van der Waals surface area contributed by atoms with Gasteiger partial charge in [-0.2, -0.15) is 0 Å². The molecule has 2 aromatic rings. The molecule has 0 saturated heterocycles. The molecule has 0 atom stereocenters. The first-order valence-corrected chi connectivity index (χ1v) is 7.54. The van der Waals surface area contributed by atoms with Crippen LogP contribution in [0, 0.1) is 5.82 Å². The number of sulfonamides is 1. The lowest BCUT2D eigenvalue weighted by atomic mass is 10.2. The molecule has 1 aliphatic rings. The van der Waals surface area contributed by atoms with Gasteiger partial charge in [-0.25, -0.2) is 17.1 Å². The molecule has 3 rings (SSSR count). The van der Waals surface area contributed by atoms with Gasteiger partial charge < -0.3 is 5.73 Å². The molecule has 1 amide bonds. The van der Waals surface area contributed by atoms with Crippen LogP contribution in [0.3, 0.4) is 0 Å². The zero-order valence-electron chi connectivity index (χ0n) is 10.8. The highest BCUT2D eigenvalue weighted by atomic mass is 32.2. The van der Waals surface area contributed by atoms with Gasteiger partial charge in [-0.3, -0.25) is 4.79 Å². The lowest BCUT2D eigenvalue weighted by Crippen LogP contribution is -2.29. The predicted octanol–water partition coefficient (Wildman–Crippen LogP) is 1.75. The molecule has 0 bridgehead atoms. The van der Waals surface area contributed by atoms with Gasteiger partial charge in [0.25, 0.3) is 15.9 Å². The van der Waals surface area contributed by atoms with Crippen molar-refractivity contribution in [2.24, 2.45) is 0 Å². The first-order valence-electron chi connectivity index (χ1n) is 6.10. The van der Waals surface area contributed by atoms with Crippen LogP contribution in [0.25, 0.3) is 0 Å². The first kappa shape index (κ1) is 13.6. The maximum Gasteiger partial charge on any atom is 0.269 e. The normalized spacial score (nSPS) is 16.0. The Bertz CT molecular complexity index is 832. The standard InChI is InChI=1S/C14H11FN2O3S/c15-10-3-1-9(2-4-10)8-17-14(18)12-6-5-11(16)7-13(12)21(17,19)20/h1-7H,8,16H2. The van der Waals surface area contributed by atoms with E-state index in [1.54, 1.807) is 0 Å². The van der Waals surface area contributed by atoms with Crippen LogP contribution in [0.5, 0.6) is 0 Å². The lowest BCUT2D eigenvalue weighted by Gasteiger charge is -2.15. The SMILES string of the molecule is Nc1ccc2c(c1)S(=O)(=O)N(Cc1ccc(F)cc1)C2=O. The highest BCUT2D eigenvalue weighted by Gasteiger charge is 2.41. The van der Waals surface area contributed by atoms with Crippen molar-refractivity contribution in [3.8, 4) is 0 Å². The van der Waals surface area contributed by atoms with E-state index >= 15 is 0 Å². The topological polar surface area (TPSA) is 80.5 Å². The first-order chi connectivity index (χ1) is 9.89. The van der Waals surface area contributed by atoms with Gasteiger partial charge in [-0.05, 0) is 35.9 Å². The number of fused-ring (bicyclic) bond motifs is 1. The maximum absolute atomic E-state index is 12.9. The summed E-state index contributed by atoms with van der Waals surface area (Å²) in [4.78, 5) is 12.1. The van der Waals surface area contributed by atoms with Crippen molar-refractivity contribution < 1.29 is 17.6 Å². The third-order valence-electron chi connectivity index (χ3n) is 3.27. The summed E-state index contributed by atoms with van der Waals surface area (Å²) in [5.74, 6) is -1.03. The van der Waals surface area contributed by atoms with Crippen molar-refractivity contribution in [3.05, 3.63) is 59.4 Å². The van der Waals surface area contributed by atoms with Gasteiger partial charge in [0, 0.05) is 5.69 Å². The van der Waals surface area contributed by atoms with Crippen LogP contribution in [0.2, 0.25) is 0 Å². The fourth-order valence-corrected chi connectivity index (χ4v) is 3.80. The van der Waals surface area contributed by atoms with E-state index in [4.69, 9.17) is 5.73 Å². The molecule has 21 heavy (non-hydrogen) atoms. The summed E-state index contributed by atoms with van der Waals surface area (Å²) < 4.78 is 38.4. The van der Waals surface area contributed by atoms with Crippen molar-refractivity contribution in [3.63, 3.8) is 0 Å². The Morgan fingerprint density at radius 2 is 1.76 bits per heavy atom. The Hall–Kier alpha value is -2.41. The number of carbonyl (C=O) groups is 1. The summed E-state index contributed by atoms with van der Waals surface area (Å²) >= 11 is 0. The van der Waals surface area contributed by atoms with Crippen LogP contribution >= 0.6 is 0 Å². The Balaban J connectivity index is 2.02. The Labute approximate surface area is 120 Å². The van der Waals surface area contributed by atoms with E-state index in [1.165, 1.54) is 42.5 Å². The van der Waals surface area contributed by atoms with Crippen LogP contribution in [-0.2, 0) is 16.6 Å². The quantitative estimate of drug-likeness (QED) is 0.857. The van der Waals surface area contributed by atoms with Gasteiger partial charge in [0.2, 0.25) is 0 Å². The highest BCUT2D eigenvalue weighted by Crippen LogP contribution is 2.32. The summed E-state index contributed by atoms with van der Waals surface area (Å²) in [6.07, 6.45) is 0. The van der Waals surface area contributed by atoms with E-state index in [0.717, 1.165) is 4.31 Å². The minimum Gasteiger partial charge on any atom is -0.399 e. The number of rotatable bonds is 2. The number of benzene rings is 2. The Morgan fingerprint density at radius 1 is 1.10 bits per heavy atom. The molecule has 5 nitrogen and oxygen atoms in total. The van der Waals surface area contributed by atoms with Crippen LogP contribution in [0.4, 0.5) is 10.1 Å². The molecule has 0 unspecified atom stereocenters. The zero-order valence-corrected chi connectivity index (χ0v) is 11.6. The van der Waals surface area contributed by atoms with Gasteiger partial charge >= 0.3 is 0 Å². The van der Waals surface area contributed by atoms with Gasteiger partial charge in [0.15, 0.2) is 0 Å². The van der Waals surface area contributed by atoms with Crippen molar-refractivity contribution in [1.82, 2.24) is 4.31 Å². The van der Waals surface area contributed by atoms with Crippen molar-refractivity contribution in [2.45, 2.75) is 11.4 Å². The molecule has 0 aliphatic carbocycles. The van der Waals surface area contributed by atoms with Gasteiger partial charge in [-0.15, -0.1) is 0 Å². The molecule has 0 aromatic heterocycles. The highest BCUT2D eigenvalue weighted by molar-refractivity contribution is 7.90. The van der Waals surface area contributed by atoms with E-state index in [2.05, 4.69) is 0 Å². The number of amides is 1. The molecule has 7 heteroatoms. The molecule has 1 aliphatic heterocycles. The molecule has 0 saturated carbocycles. The molecule has 2 aromatic carbocycles. The Kier molecular flexibility index (Phi) is 2.94. The summed E-state index contributed by atoms with van der Waals surface area (Å²) in [6.45, 7) is -0.143. The number of halogens is 1. The molecule has 108 valence electrons. The number of nitrogens with zero attached hydrogens (tertiary/aromatic N) is 1. The molecular formula is C14H11FN2O3S. The molecule has 2 N–H and O–H groups in total. The van der Waals surface area contributed by atoms with Gasteiger partial charge in [-0.1, -0.05) is 12.1 Å². The number of hydrogen-bond donors (Lipinski definition) is 1. The summed E-state index contributed by atoms with van der Waals surface area (Å²) in [7, 11) is -3.92. The molecule has 0 radical (unpaired) electrons. The maximum atomic E-state index is 12.9. The second kappa shape index (κ2) is 4.56. The third kappa shape index (κ3) is 2.15. The summed E-state index contributed by atoms with van der Waals surface area (Å²) in [5.41, 5.74) is 6.47. The summed E-state index contributed by atoms with van der Waals surface area (Å²) in [5, 5.41) is 0. The molecular weight excluding hydrogens is 295 g/mol. The second-order valence-corrected chi connectivity index (χ2v) is 6.53. The minimum absolute atomic E-state index is 0.0883. The predicted molar refractivity (Wildman–Crippen MR) is 74.3 cm³/mol. The van der Waals surface area contributed by atoms with Crippen molar-refractivity contribution in [1.29, 1.82) is 0 Å². The van der Waals surface area contributed by atoms with Crippen LogP contribution in [0.1, 0.15) is 15.9 Å². The minimum atomic E-state index is -3.92. The number of nitrogens with two attached hydrogens (primary N) is 1. The third-order valence-corrected chi connectivity index (χ3v) is 5.04. The number of carbonyl (C=O) groups excluding carboxylic acids is 1. The number of anilines is 1. The fraction of sp³-hybridized carbons (Fsp3) is 0.0714. The van der Waals surface area contributed by atoms with Gasteiger partial charge in [0.05, 0.1) is 12.1 Å². The number of hydrogen-bond acceptors (Lipinski definition) is 4. The molecule has 0 spiro atoms. The average molecular weight is 306 g/mol. The van der Waals surface area contributed by atoms with E-state index < -0.39 is 21.7 Å². The smallest absolute Gasteiger partial charge is 0.269 e. The van der Waals surface area contributed by atoms with Crippen molar-refractivity contribution >= 4 is 21.6 Å². The van der Waals surface area contributed by atoms with E-state index in [1.807, 2.05) is 0 Å². The summed E-state index contributed by atoms with van der Waals surface area (Å²) in [6, 6.07) is 9.46. The van der Waals surface area contributed by atoms with Gasteiger partial charge in [0.1, 0.15) is 10.7 Å². The van der Waals surface area contributed by atoms with Crippen LogP contribution in [-0.4, -0.2) is 18.6 Å². The molecule has 0 fully saturated rings. The fourth-order valence-electron chi connectivity index (χ4n) is 2.20. The zero-order chi connectivity index (χ0) is 15.2. The number of nitrogen functional groups attached to an aromatic ring is 1. The second-order valence-electron chi connectivity index (χ2n) is 4.70. The van der Waals surface area contributed by atoms with E-state index in [-0.39, 0.29) is 22.7 Å². The largest absolute Gasteiger partial charge is 0.399 e. The van der Waals surface area contributed by atoms with Crippen LogP contribution in [0.15, 0.2) is 47.4 Å².